The summed E-state index contributed by atoms with van der Waals surface area (Å²) in [6.45, 7) is 5.62. The number of hydrogen-bond acceptors (Lipinski definition) is 4. The number of likely N-dealkylation sites (tertiary alicyclic amines) is 1. The molecule has 0 radical (unpaired) electrons. The van der Waals surface area contributed by atoms with Crippen LogP contribution in [0.3, 0.4) is 0 Å². The third-order valence-corrected chi connectivity index (χ3v) is 6.31. The molecule has 5 rings (SSSR count). The number of amides is 1. The molecule has 1 amide bonds. The lowest BCUT2D eigenvalue weighted by Crippen LogP contribution is -2.40. The Balaban J connectivity index is 1.40. The number of rotatable bonds is 4. The maximum atomic E-state index is 13.5. The molecule has 5 heteroatoms. The number of hydrogen-bond donors (Lipinski definition) is 0. The van der Waals surface area contributed by atoms with E-state index >= 15 is 0 Å². The average molecular weight is 389 g/mol. The van der Waals surface area contributed by atoms with Crippen LogP contribution in [0.4, 0.5) is 0 Å². The van der Waals surface area contributed by atoms with Gasteiger partial charge in [0.25, 0.3) is 11.6 Å². The van der Waals surface area contributed by atoms with Crippen LogP contribution in [0.15, 0.2) is 34.9 Å². The first kappa shape index (κ1) is 18.3. The second-order valence-electron chi connectivity index (χ2n) is 8.77. The molecule has 1 aliphatic heterocycles. The van der Waals surface area contributed by atoms with Crippen molar-refractivity contribution in [2.75, 3.05) is 13.1 Å². The monoisotopic (exact) mass is 389 g/mol. The lowest BCUT2D eigenvalue weighted by Gasteiger charge is -2.33. The summed E-state index contributed by atoms with van der Waals surface area (Å²) in [6, 6.07) is 10.8. The topological polar surface area (TPSA) is 59.2 Å². The molecule has 3 aromatic rings. The predicted octanol–water partition coefficient (Wildman–Crippen LogP) is 4.81. The molecular weight excluding hydrogens is 362 g/mol. The number of pyridine rings is 1. The third-order valence-electron chi connectivity index (χ3n) is 6.31. The number of fused-ring (bicyclic) bond motifs is 1. The predicted molar refractivity (Wildman–Crippen MR) is 112 cm³/mol. The van der Waals surface area contributed by atoms with E-state index in [1.807, 2.05) is 17.9 Å². The van der Waals surface area contributed by atoms with Gasteiger partial charge in [-0.15, -0.1) is 0 Å². The van der Waals surface area contributed by atoms with Crippen molar-refractivity contribution in [1.29, 1.82) is 0 Å². The molecule has 0 bridgehead atoms. The number of carbonyl (C=O) groups excluding carboxylic acids is 1. The van der Waals surface area contributed by atoms with Crippen molar-refractivity contribution < 1.29 is 9.32 Å². The Bertz CT molecular complexity index is 1050. The highest BCUT2D eigenvalue weighted by molar-refractivity contribution is 6.06. The SMILES string of the molecule is Cc1ccc(CC2CCCN(C(=O)c3cc(C4CC4)nc4onc(C)c34)C2)cc1. The van der Waals surface area contributed by atoms with Gasteiger partial charge >= 0.3 is 0 Å². The van der Waals surface area contributed by atoms with Gasteiger partial charge in [0.1, 0.15) is 0 Å². The summed E-state index contributed by atoms with van der Waals surface area (Å²) in [5, 5.41) is 4.85. The fraction of sp³-hybridized carbons (Fsp3) is 0.458. The molecule has 2 aromatic heterocycles. The summed E-state index contributed by atoms with van der Waals surface area (Å²) in [7, 11) is 0. The van der Waals surface area contributed by atoms with Gasteiger partial charge < -0.3 is 9.42 Å². The number of aryl methyl sites for hydroxylation is 2. The molecule has 0 spiro atoms. The van der Waals surface area contributed by atoms with Gasteiger partial charge in [-0.3, -0.25) is 4.79 Å². The first-order chi connectivity index (χ1) is 14.1. The summed E-state index contributed by atoms with van der Waals surface area (Å²) in [4.78, 5) is 20.2. The molecule has 5 nitrogen and oxygen atoms in total. The zero-order valence-electron chi connectivity index (χ0n) is 17.1. The highest BCUT2D eigenvalue weighted by Crippen LogP contribution is 2.40. The average Bonchev–Trinajstić information content (AvgIpc) is 3.52. The maximum absolute atomic E-state index is 13.5. The molecule has 1 saturated carbocycles. The number of aromatic nitrogens is 2. The van der Waals surface area contributed by atoms with Gasteiger partial charge in [0.2, 0.25) is 0 Å². The first-order valence-electron chi connectivity index (χ1n) is 10.7. The molecule has 150 valence electrons. The standard InChI is InChI=1S/C24H27N3O2/c1-15-5-7-17(8-6-15)12-18-4-3-11-27(14-18)24(28)20-13-21(19-9-10-19)25-23-22(20)16(2)26-29-23/h5-8,13,18-19H,3-4,9-12,14H2,1-2H3. The molecule has 1 aromatic carbocycles. The van der Waals surface area contributed by atoms with E-state index in [4.69, 9.17) is 4.52 Å². The van der Waals surface area contributed by atoms with Gasteiger partial charge in [-0.25, -0.2) is 4.98 Å². The van der Waals surface area contributed by atoms with Gasteiger partial charge in [0, 0.05) is 24.7 Å². The lowest BCUT2D eigenvalue weighted by molar-refractivity contribution is 0.0675. The van der Waals surface area contributed by atoms with Crippen molar-refractivity contribution in [3.8, 4) is 0 Å². The van der Waals surface area contributed by atoms with Crippen LogP contribution in [0.1, 0.15) is 64.5 Å². The van der Waals surface area contributed by atoms with Crippen molar-refractivity contribution >= 4 is 17.0 Å². The number of benzene rings is 1. The number of nitrogens with zero attached hydrogens (tertiary/aromatic N) is 3. The lowest BCUT2D eigenvalue weighted by atomic mass is 9.90. The second kappa shape index (κ2) is 7.29. The van der Waals surface area contributed by atoms with E-state index in [0.717, 1.165) is 55.5 Å². The van der Waals surface area contributed by atoms with Crippen LogP contribution in [0.2, 0.25) is 0 Å². The van der Waals surface area contributed by atoms with Gasteiger partial charge in [-0.1, -0.05) is 35.0 Å². The maximum Gasteiger partial charge on any atom is 0.259 e. The van der Waals surface area contributed by atoms with E-state index in [2.05, 4.69) is 41.3 Å². The largest absolute Gasteiger partial charge is 0.338 e. The molecule has 29 heavy (non-hydrogen) atoms. The highest BCUT2D eigenvalue weighted by atomic mass is 16.5. The molecule has 1 unspecified atom stereocenters. The van der Waals surface area contributed by atoms with E-state index in [-0.39, 0.29) is 5.91 Å². The van der Waals surface area contributed by atoms with E-state index in [1.165, 1.54) is 17.5 Å². The Kier molecular flexibility index (Phi) is 4.61. The Morgan fingerprint density at radius 2 is 1.97 bits per heavy atom. The summed E-state index contributed by atoms with van der Waals surface area (Å²) in [6.07, 6.45) is 5.52. The van der Waals surface area contributed by atoms with Gasteiger partial charge in [-0.05, 0) is 63.5 Å². The second-order valence-corrected chi connectivity index (χ2v) is 8.77. The smallest absolute Gasteiger partial charge is 0.259 e. The van der Waals surface area contributed by atoms with Crippen LogP contribution in [0.5, 0.6) is 0 Å². The minimum Gasteiger partial charge on any atom is -0.338 e. The molecular formula is C24H27N3O2. The zero-order valence-corrected chi connectivity index (χ0v) is 17.1. The van der Waals surface area contributed by atoms with Crippen LogP contribution in [0.25, 0.3) is 11.1 Å². The number of piperidine rings is 1. The Labute approximate surface area is 171 Å². The van der Waals surface area contributed by atoms with E-state index < -0.39 is 0 Å². The minimum atomic E-state index is 0.0965. The highest BCUT2D eigenvalue weighted by Gasteiger charge is 2.31. The number of carbonyl (C=O) groups is 1. The van der Waals surface area contributed by atoms with Gasteiger partial charge in [0.05, 0.1) is 16.6 Å². The van der Waals surface area contributed by atoms with Crippen LogP contribution < -0.4 is 0 Å². The van der Waals surface area contributed by atoms with Gasteiger partial charge in [0.15, 0.2) is 0 Å². The van der Waals surface area contributed by atoms with Crippen LogP contribution >= 0.6 is 0 Å². The molecule has 1 aliphatic carbocycles. The first-order valence-corrected chi connectivity index (χ1v) is 10.7. The van der Waals surface area contributed by atoms with Gasteiger partial charge in [-0.2, -0.15) is 0 Å². The summed E-state index contributed by atoms with van der Waals surface area (Å²) >= 11 is 0. The summed E-state index contributed by atoms with van der Waals surface area (Å²) in [5.74, 6) is 1.06. The van der Waals surface area contributed by atoms with Crippen molar-refractivity contribution in [1.82, 2.24) is 15.0 Å². The van der Waals surface area contributed by atoms with Crippen LogP contribution in [-0.2, 0) is 6.42 Å². The van der Waals surface area contributed by atoms with Crippen molar-refractivity contribution in [3.63, 3.8) is 0 Å². The van der Waals surface area contributed by atoms with E-state index in [1.54, 1.807) is 0 Å². The van der Waals surface area contributed by atoms with Crippen LogP contribution in [0, 0.1) is 19.8 Å². The van der Waals surface area contributed by atoms with Crippen molar-refractivity contribution in [2.45, 2.75) is 51.9 Å². The summed E-state index contributed by atoms with van der Waals surface area (Å²) in [5.41, 5.74) is 5.57. The van der Waals surface area contributed by atoms with Crippen LogP contribution in [-0.4, -0.2) is 34.0 Å². The van der Waals surface area contributed by atoms with Crippen molar-refractivity contribution in [3.05, 3.63) is 58.4 Å². The Morgan fingerprint density at radius 3 is 2.72 bits per heavy atom. The Morgan fingerprint density at radius 1 is 1.17 bits per heavy atom. The summed E-state index contributed by atoms with van der Waals surface area (Å²) < 4.78 is 5.42. The molecule has 3 heterocycles. The normalized spacial score (nSPS) is 19.7. The third kappa shape index (κ3) is 3.66. The molecule has 1 saturated heterocycles. The molecule has 1 atom stereocenters. The Hall–Kier alpha value is -2.69. The van der Waals surface area contributed by atoms with E-state index in [0.29, 0.717) is 23.1 Å². The fourth-order valence-electron chi connectivity index (χ4n) is 4.51. The molecule has 2 aliphatic rings. The van der Waals surface area contributed by atoms with E-state index in [9.17, 15) is 4.79 Å². The fourth-order valence-corrected chi connectivity index (χ4v) is 4.51. The molecule has 0 N–H and O–H groups in total. The zero-order chi connectivity index (χ0) is 20.0. The van der Waals surface area contributed by atoms with Crippen molar-refractivity contribution in [2.24, 2.45) is 5.92 Å². The minimum absolute atomic E-state index is 0.0965. The quantitative estimate of drug-likeness (QED) is 0.642. The molecule has 2 fully saturated rings.